The average Bonchev–Trinajstić information content (AvgIpc) is 2.26. The van der Waals surface area contributed by atoms with Gasteiger partial charge in [0.1, 0.15) is 0 Å². The number of aliphatic hydroxyl groups is 1. The molecule has 16 heavy (non-hydrogen) atoms. The Morgan fingerprint density at radius 3 is 2.19 bits per heavy atom. The first-order chi connectivity index (χ1) is 7.50. The zero-order valence-corrected chi connectivity index (χ0v) is 10.6. The molecule has 2 atom stereocenters. The molecule has 3 heteroatoms. The fraction of sp³-hybridized carbons (Fsp3) is 0.538. The molecular formula is C13H22N2O. The zero-order valence-electron chi connectivity index (χ0n) is 10.6. The Morgan fingerprint density at radius 1 is 1.19 bits per heavy atom. The molecular weight excluding hydrogens is 200 g/mol. The van der Waals surface area contributed by atoms with Gasteiger partial charge < -0.3 is 15.3 Å². The van der Waals surface area contributed by atoms with Gasteiger partial charge in [0.2, 0.25) is 0 Å². The van der Waals surface area contributed by atoms with Crippen molar-refractivity contribution in [3.05, 3.63) is 29.8 Å². The van der Waals surface area contributed by atoms with Crippen molar-refractivity contribution in [3.8, 4) is 0 Å². The van der Waals surface area contributed by atoms with E-state index in [-0.39, 0.29) is 12.1 Å². The van der Waals surface area contributed by atoms with E-state index in [1.165, 1.54) is 11.3 Å². The third-order valence-electron chi connectivity index (χ3n) is 2.63. The summed E-state index contributed by atoms with van der Waals surface area (Å²) >= 11 is 0. The summed E-state index contributed by atoms with van der Waals surface area (Å²) in [4.78, 5) is 2.08. The second-order valence-electron chi connectivity index (χ2n) is 4.46. The van der Waals surface area contributed by atoms with E-state index in [1.807, 2.05) is 14.1 Å². The molecule has 0 radical (unpaired) electrons. The van der Waals surface area contributed by atoms with E-state index in [1.54, 1.807) is 6.92 Å². The highest BCUT2D eigenvalue weighted by molar-refractivity contribution is 5.46. The SMILES string of the molecule is CC(NC[C@@H](C)O)c1ccc(N(C)C)cc1. The maximum Gasteiger partial charge on any atom is 0.0636 e. The Labute approximate surface area is 98.1 Å². The summed E-state index contributed by atoms with van der Waals surface area (Å²) in [5.74, 6) is 0. The molecule has 0 heterocycles. The van der Waals surface area contributed by atoms with Crippen molar-refractivity contribution in [2.24, 2.45) is 0 Å². The number of nitrogens with zero attached hydrogens (tertiary/aromatic N) is 1. The number of anilines is 1. The van der Waals surface area contributed by atoms with E-state index in [4.69, 9.17) is 0 Å². The summed E-state index contributed by atoms with van der Waals surface area (Å²) in [5.41, 5.74) is 2.44. The van der Waals surface area contributed by atoms with Crippen LogP contribution in [0.5, 0.6) is 0 Å². The van der Waals surface area contributed by atoms with Crippen LogP contribution < -0.4 is 10.2 Å². The lowest BCUT2D eigenvalue weighted by atomic mass is 10.1. The van der Waals surface area contributed by atoms with Crippen molar-refractivity contribution in [2.75, 3.05) is 25.5 Å². The molecule has 0 aliphatic carbocycles. The topological polar surface area (TPSA) is 35.5 Å². The summed E-state index contributed by atoms with van der Waals surface area (Å²) in [5, 5.41) is 12.5. The van der Waals surface area contributed by atoms with E-state index in [0.717, 1.165) is 0 Å². The van der Waals surface area contributed by atoms with Crippen molar-refractivity contribution >= 4 is 5.69 Å². The number of hydrogen-bond donors (Lipinski definition) is 2. The molecule has 1 rings (SSSR count). The van der Waals surface area contributed by atoms with Crippen LogP contribution in [-0.2, 0) is 0 Å². The van der Waals surface area contributed by atoms with Crippen molar-refractivity contribution in [2.45, 2.75) is 26.0 Å². The maximum atomic E-state index is 9.20. The van der Waals surface area contributed by atoms with Crippen LogP contribution in [0.3, 0.4) is 0 Å². The van der Waals surface area contributed by atoms with Crippen LogP contribution in [0.15, 0.2) is 24.3 Å². The average molecular weight is 222 g/mol. The fourth-order valence-corrected chi connectivity index (χ4v) is 1.53. The molecule has 3 nitrogen and oxygen atoms in total. The number of benzene rings is 1. The molecule has 1 unspecified atom stereocenters. The van der Waals surface area contributed by atoms with Crippen LogP contribution in [0.1, 0.15) is 25.5 Å². The predicted octanol–water partition coefficient (Wildman–Crippen LogP) is 1.78. The Morgan fingerprint density at radius 2 is 1.75 bits per heavy atom. The van der Waals surface area contributed by atoms with Gasteiger partial charge in [-0.25, -0.2) is 0 Å². The second-order valence-corrected chi connectivity index (χ2v) is 4.46. The van der Waals surface area contributed by atoms with E-state index in [2.05, 4.69) is 41.4 Å². The minimum atomic E-state index is -0.302. The molecule has 0 aliphatic rings. The minimum Gasteiger partial charge on any atom is -0.392 e. The molecule has 0 saturated heterocycles. The van der Waals surface area contributed by atoms with Gasteiger partial charge in [0.15, 0.2) is 0 Å². The maximum absolute atomic E-state index is 9.20. The second kappa shape index (κ2) is 5.87. The predicted molar refractivity (Wildman–Crippen MR) is 68.9 cm³/mol. The summed E-state index contributed by atoms with van der Waals surface area (Å²) in [6.07, 6.45) is -0.302. The van der Waals surface area contributed by atoms with Crippen LogP contribution in [0.4, 0.5) is 5.69 Å². The summed E-state index contributed by atoms with van der Waals surface area (Å²) in [7, 11) is 4.06. The highest BCUT2D eigenvalue weighted by atomic mass is 16.3. The van der Waals surface area contributed by atoms with Gasteiger partial charge in [-0.1, -0.05) is 12.1 Å². The van der Waals surface area contributed by atoms with E-state index < -0.39 is 0 Å². The van der Waals surface area contributed by atoms with Gasteiger partial charge in [0.05, 0.1) is 6.10 Å². The number of nitrogens with one attached hydrogen (secondary N) is 1. The Hall–Kier alpha value is -1.06. The Bertz CT molecular complexity index is 306. The van der Waals surface area contributed by atoms with Crippen LogP contribution >= 0.6 is 0 Å². The third-order valence-corrected chi connectivity index (χ3v) is 2.63. The molecule has 0 aliphatic heterocycles. The molecule has 1 aromatic rings. The van der Waals surface area contributed by atoms with Gasteiger partial charge in [-0.15, -0.1) is 0 Å². The van der Waals surface area contributed by atoms with Gasteiger partial charge in [-0.3, -0.25) is 0 Å². The standard InChI is InChI=1S/C13H22N2O/c1-10(16)9-14-11(2)12-5-7-13(8-6-12)15(3)4/h5-8,10-11,14,16H,9H2,1-4H3/t10-,11?/m1/s1. The molecule has 0 amide bonds. The van der Waals surface area contributed by atoms with Gasteiger partial charge in [-0.2, -0.15) is 0 Å². The smallest absolute Gasteiger partial charge is 0.0636 e. The number of aliphatic hydroxyl groups excluding tert-OH is 1. The van der Waals surface area contributed by atoms with E-state index >= 15 is 0 Å². The summed E-state index contributed by atoms with van der Waals surface area (Å²) in [6.45, 7) is 4.51. The van der Waals surface area contributed by atoms with E-state index in [9.17, 15) is 5.11 Å². The molecule has 90 valence electrons. The fourth-order valence-electron chi connectivity index (χ4n) is 1.53. The van der Waals surface area contributed by atoms with Crippen molar-refractivity contribution in [1.82, 2.24) is 5.32 Å². The van der Waals surface area contributed by atoms with Crippen LogP contribution in [-0.4, -0.2) is 31.9 Å². The molecule has 0 saturated carbocycles. The van der Waals surface area contributed by atoms with E-state index in [0.29, 0.717) is 6.54 Å². The largest absolute Gasteiger partial charge is 0.392 e. The Balaban J connectivity index is 2.59. The molecule has 1 aromatic carbocycles. The lowest BCUT2D eigenvalue weighted by Gasteiger charge is -2.17. The molecule has 0 aromatic heterocycles. The van der Waals surface area contributed by atoms with Crippen LogP contribution in [0.25, 0.3) is 0 Å². The number of rotatable bonds is 5. The molecule has 0 fully saturated rings. The third kappa shape index (κ3) is 3.83. The van der Waals surface area contributed by atoms with Gasteiger partial charge in [-0.05, 0) is 31.5 Å². The lowest BCUT2D eigenvalue weighted by Crippen LogP contribution is -2.27. The summed E-state index contributed by atoms with van der Waals surface area (Å²) < 4.78 is 0. The van der Waals surface area contributed by atoms with Crippen LogP contribution in [0, 0.1) is 0 Å². The minimum absolute atomic E-state index is 0.269. The molecule has 2 N–H and O–H groups in total. The van der Waals surface area contributed by atoms with Crippen LogP contribution in [0.2, 0.25) is 0 Å². The highest BCUT2D eigenvalue weighted by Gasteiger charge is 2.06. The van der Waals surface area contributed by atoms with Gasteiger partial charge in [0, 0.05) is 32.4 Å². The van der Waals surface area contributed by atoms with Crippen molar-refractivity contribution in [3.63, 3.8) is 0 Å². The first kappa shape index (κ1) is 13.0. The normalized spacial score (nSPS) is 14.6. The van der Waals surface area contributed by atoms with Gasteiger partial charge >= 0.3 is 0 Å². The van der Waals surface area contributed by atoms with Crippen molar-refractivity contribution < 1.29 is 5.11 Å². The van der Waals surface area contributed by atoms with Crippen molar-refractivity contribution in [1.29, 1.82) is 0 Å². The monoisotopic (exact) mass is 222 g/mol. The number of hydrogen-bond acceptors (Lipinski definition) is 3. The lowest BCUT2D eigenvalue weighted by molar-refractivity contribution is 0.187. The molecule has 0 bridgehead atoms. The first-order valence-corrected chi connectivity index (χ1v) is 5.69. The van der Waals surface area contributed by atoms with Gasteiger partial charge in [0.25, 0.3) is 0 Å². The highest BCUT2D eigenvalue weighted by Crippen LogP contribution is 2.17. The first-order valence-electron chi connectivity index (χ1n) is 5.69. The molecule has 0 spiro atoms. The summed E-state index contributed by atoms with van der Waals surface area (Å²) in [6, 6.07) is 8.72. The Kier molecular flexibility index (Phi) is 4.77. The quantitative estimate of drug-likeness (QED) is 0.797. The zero-order chi connectivity index (χ0) is 12.1.